The lowest BCUT2D eigenvalue weighted by molar-refractivity contribution is 0.670. The number of nitrogens with zero attached hydrogens (tertiary/aromatic N) is 4. The topological polar surface area (TPSA) is 64.7 Å². The molecule has 0 aliphatic rings. The van der Waals surface area contributed by atoms with Crippen LogP contribution >= 0.6 is 11.3 Å². The summed E-state index contributed by atoms with van der Waals surface area (Å²) in [5.74, 6) is 1.33. The summed E-state index contributed by atoms with van der Waals surface area (Å²) in [5, 5.41) is 3.08. The number of rotatable bonds is 5. The first kappa shape index (κ1) is 28.5. The van der Waals surface area contributed by atoms with E-state index in [-0.39, 0.29) is 0 Å². The first-order valence-corrected chi connectivity index (χ1v) is 17.3. The summed E-state index contributed by atoms with van der Waals surface area (Å²) in [4.78, 5) is 20.7. The van der Waals surface area contributed by atoms with Crippen LogP contribution in [0.5, 0.6) is 0 Å². The molecule has 5 nitrogen and oxygen atoms in total. The van der Waals surface area contributed by atoms with Crippen LogP contribution in [0.1, 0.15) is 0 Å². The van der Waals surface area contributed by atoms with E-state index in [0.717, 1.165) is 82.4 Å². The smallest absolute Gasteiger partial charge is 0.161 e. The van der Waals surface area contributed by atoms with E-state index in [1.807, 2.05) is 66.7 Å². The quantitative estimate of drug-likeness (QED) is 0.184. The van der Waals surface area contributed by atoms with Crippen LogP contribution in [-0.4, -0.2) is 19.9 Å². The zero-order chi connectivity index (χ0) is 33.0. The van der Waals surface area contributed by atoms with E-state index in [1.54, 1.807) is 11.3 Å². The first-order chi connectivity index (χ1) is 24.8. The molecule has 50 heavy (non-hydrogen) atoms. The molecule has 6 heteroatoms. The maximum absolute atomic E-state index is 6.79. The Bertz CT molecular complexity index is 2810. The molecule has 6 aromatic carbocycles. The van der Waals surface area contributed by atoms with Gasteiger partial charge in [0.2, 0.25) is 0 Å². The zero-order valence-electron chi connectivity index (χ0n) is 26.6. The lowest BCUT2D eigenvalue weighted by Gasteiger charge is -2.10. The molecule has 234 valence electrons. The van der Waals surface area contributed by atoms with E-state index in [4.69, 9.17) is 24.4 Å². The Hall–Kier alpha value is -6.50. The Morgan fingerprint density at radius 2 is 1.06 bits per heavy atom. The van der Waals surface area contributed by atoms with Gasteiger partial charge >= 0.3 is 0 Å². The van der Waals surface area contributed by atoms with E-state index >= 15 is 0 Å². The number of hydrogen-bond donors (Lipinski definition) is 0. The van der Waals surface area contributed by atoms with Crippen LogP contribution in [0.3, 0.4) is 0 Å². The Morgan fingerprint density at radius 3 is 1.78 bits per heavy atom. The fourth-order valence-corrected chi connectivity index (χ4v) is 7.94. The minimum absolute atomic E-state index is 0.643. The van der Waals surface area contributed by atoms with E-state index in [0.29, 0.717) is 11.6 Å². The predicted octanol–water partition coefficient (Wildman–Crippen LogP) is 11.9. The van der Waals surface area contributed by atoms with Crippen LogP contribution in [0.25, 0.3) is 98.8 Å². The summed E-state index contributed by atoms with van der Waals surface area (Å²) in [6.07, 6.45) is 0. The van der Waals surface area contributed by atoms with Gasteiger partial charge in [-0.3, -0.25) is 0 Å². The van der Waals surface area contributed by atoms with Crippen molar-refractivity contribution >= 4 is 53.6 Å². The van der Waals surface area contributed by atoms with Gasteiger partial charge in [-0.2, -0.15) is 0 Å². The molecule has 4 aromatic heterocycles. The third-order valence-corrected chi connectivity index (χ3v) is 10.3. The third-order valence-electron chi connectivity index (χ3n) is 9.14. The summed E-state index contributed by atoms with van der Waals surface area (Å²) in [7, 11) is 0. The predicted molar refractivity (Wildman–Crippen MR) is 205 cm³/mol. The van der Waals surface area contributed by atoms with Crippen LogP contribution in [0.4, 0.5) is 0 Å². The Labute approximate surface area is 291 Å². The van der Waals surface area contributed by atoms with Gasteiger partial charge in [0.25, 0.3) is 0 Å². The number of fused-ring (bicyclic) bond motifs is 6. The fourth-order valence-electron chi connectivity index (χ4n) is 6.79. The molecule has 0 N–H and O–H groups in total. The summed E-state index contributed by atoms with van der Waals surface area (Å²) < 4.78 is 8.99. The standard InChI is InChI=1S/C44H26N4OS/c1-4-14-27(15-5-1)34-26-35(28-16-6-2-7-17-28)46-44(45-34)32-22-13-24-36-38(32)31-21-12-23-33(41(31)49-36)40-42-39(30-20-10-11-25-37(30)50-42)47-43(48-40)29-18-8-3-9-19-29/h1-26H. The molecule has 0 spiro atoms. The molecule has 0 unspecified atom stereocenters. The third kappa shape index (κ3) is 4.69. The highest BCUT2D eigenvalue weighted by atomic mass is 32.1. The summed E-state index contributed by atoms with van der Waals surface area (Å²) in [6, 6.07) is 53.6. The number of benzene rings is 6. The van der Waals surface area contributed by atoms with Gasteiger partial charge in [0, 0.05) is 48.7 Å². The molecule has 0 saturated heterocycles. The maximum atomic E-state index is 6.79. The highest BCUT2D eigenvalue weighted by Gasteiger charge is 2.22. The number of thiophene rings is 1. The monoisotopic (exact) mass is 658 g/mol. The molecule has 0 fully saturated rings. The number of hydrogen-bond acceptors (Lipinski definition) is 6. The molecule has 4 heterocycles. The van der Waals surface area contributed by atoms with Gasteiger partial charge in [-0.1, -0.05) is 133 Å². The average Bonchev–Trinajstić information content (AvgIpc) is 3.77. The second kappa shape index (κ2) is 11.6. The van der Waals surface area contributed by atoms with Crippen LogP contribution in [0.15, 0.2) is 162 Å². The molecule has 0 radical (unpaired) electrons. The van der Waals surface area contributed by atoms with Crippen molar-refractivity contribution in [3.63, 3.8) is 0 Å². The number of furan rings is 1. The van der Waals surface area contributed by atoms with Crippen molar-refractivity contribution in [3.05, 3.63) is 158 Å². The van der Waals surface area contributed by atoms with E-state index < -0.39 is 0 Å². The molecular weight excluding hydrogens is 633 g/mol. The van der Waals surface area contributed by atoms with Gasteiger partial charge in [0.05, 0.1) is 27.3 Å². The molecular formula is C44H26N4OS. The summed E-state index contributed by atoms with van der Waals surface area (Å²) in [5.41, 5.74) is 9.93. The van der Waals surface area contributed by atoms with Crippen LogP contribution in [-0.2, 0) is 0 Å². The molecule has 0 atom stereocenters. The molecule has 10 aromatic rings. The summed E-state index contributed by atoms with van der Waals surface area (Å²) in [6.45, 7) is 0. The molecule has 0 bridgehead atoms. The lowest BCUT2D eigenvalue weighted by atomic mass is 10.0. The van der Waals surface area contributed by atoms with Crippen molar-refractivity contribution in [2.75, 3.05) is 0 Å². The van der Waals surface area contributed by atoms with Gasteiger partial charge in [-0.25, -0.2) is 19.9 Å². The van der Waals surface area contributed by atoms with Gasteiger partial charge in [-0.15, -0.1) is 11.3 Å². The van der Waals surface area contributed by atoms with Crippen LogP contribution < -0.4 is 0 Å². The van der Waals surface area contributed by atoms with Crippen LogP contribution in [0, 0.1) is 0 Å². The molecule has 10 rings (SSSR count). The Balaban J connectivity index is 1.23. The number of para-hydroxylation sites is 1. The largest absolute Gasteiger partial charge is 0.455 e. The molecule has 0 aliphatic heterocycles. The van der Waals surface area contributed by atoms with Crippen molar-refractivity contribution in [1.29, 1.82) is 0 Å². The highest BCUT2D eigenvalue weighted by molar-refractivity contribution is 7.26. The van der Waals surface area contributed by atoms with Crippen molar-refractivity contribution in [2.45, 2.75) is 0 Å². The van der Waals surface area contributed by atoms with Crippen molar-refractivity contribution in [3.8, 4) is 56.5 Å². The first-order valence-electron chi connectivity index (χ1n) is 16.5. The minimum Gasteiger partial charge on any atom is -0.455 e. The van der Waals surface area contributed by atoms with Crippen LogP contribution in [0.2, 0.25) is 0 Å². The van der Waals surface area contributed by atoms with Gasteiger partial charge in [0.1, 0.15) is 11.2 Å². The van der Waals surface area contributed by atoms with Crippen molar-refractivity contribution in [2.24, 2.45) is 0 Å². The van der Waals surface area contributed by atoms with E-state index in [2.05, 4.69) is 91.0 Å². The molecule has 0 aliphatic carbocycles. The zero-order valence-corrected chi connectivity index (χ0v) is 27.4. The van der Waals surface area contributed by atoms with Gasteiger partial charge < -0.3 is 4.42 Å². The Morgan fingerprint density at radius 1 is 0.460 bits per heavy atom. The number of aromatic nitrogens is 4. The average molecular weight is 659 g/mol. The van der Waals surface area contributed by atoms with E-state index in [9.17, 15) is 0 Å². The van der Waals surface area contributed by atoms with Gasteiger partial charge in [-0.05, 0) is 24.3 Å². The SMILES string of the molecule is c1ccc(-c2cc(-c3ccccc3)nc(-c3cccc4oc5c(-c6nc(-c7ccccc7)nc7c6sc6ccccc67)cccc5c34)n2)cc1. The normalized spacial score (nSPS) is 11.6. The molecule has 0 amide bonds. The second-order valence-corrected chi connectivity index (χ2v) is 13.2. The second-order valence-electron chi connectivity index (χ2n) is 12.2. The fraction of sp³-hybridized carbons (Fsp3) is 0. The maximum Gasteiger partial charge on any atom is 0.161 e. The van der Waals surface area contributed by atoms with E-state index in [1.165, 1.54) is 4.70 Å². The lowest BCUT2D eigenvalue weighted by Crippen LogP contribution is -1.96. The Kier molecular flexibility index (Phi) is 6.60. The summed E-state index contributed by atoms with van der Waals surface area (Å²) >= 11 is 1.71. The minimum atomic E-state index is 0.643. The van der Waals surface area contributed by atoms with Crippen molar-refractivity contribution < 1.29 is 4.42 Å². The van der Waals surface area contributed by atoms with Gasteiger partial charge in [0.15, 0.2) is 11.6 Å². The highest BCUT2D eigenvalue weighted by Crippen LogP contribution is 2.44. The molecule has 0 saturated carbocycles. The van der Waals surface area contributed by atoms with Crippen molar-refractivity contribution in [1.82, 2.24) is 19.9 Å².